The molecule has 0 saturated heterocycles. The van der Waals surface area contributed by atoms with Gasteiger partial charge in [0.05, 0.1) is 12.2 Å². The number of ether oxygens (including phenoxy) is 1. The van der Waals surface area contributed by atoms with Gasteiger partial charge in [-0.3, -0.25) is 5.41 Å². The van der Waals surface area contributed by atoms with Crippen LogP contribution in [-0.4, -0.2) is 12.4 Å². The first-order valence-electron chi connectivity index (χ1n) is 4.64. The summed E-state index contributed by atoms with van der Waals surface area (Å²) in [6.45, 7) is 4.39. The normalized spacial score (nSPS) is 9.47. The summed E-state index contributed by atoms with van der Waals surface area (Å²) in [7, 11) is 0. The predicted molar refractivity (Wildman–Crippen MR) is 57.5 cm³/mol. The monoisotopic (exact) mass is 206 g/mol. The van der Waals surface area contributed by atoms with Crippen molar-refractivity contribution in [3.05, 3.63) is 29.3 Å². The van der Waals surface area contributed by atoms with E-state index in [2.05, 4.69) is 10.6 Å². The SMILES string of the molecule is CCOc1cc(C)ccc1C(=N)NN=N. The number of hydrogen-bond donors (Lipinski definition) is 3. The molecule has 0 saturated carbocycles. The van der Waals surface area contributed by atoms with Crippen LogP contribution in [0.15, 0.2) is 23.4 Å². The Bertz CT molecular complexity index is 376. The average molecular weight is 206 g/mol. The maximum Gasteiger partial charge on any atom is 0.151 e. The molecule has 1 rings (SSSR count). The van der Waals surface area contributed by atoms with E-state index in [1.165, 1.54) is 0 Å². The molecule has 0 radical (unpaired) electrons. The van der Waals surface area contributed by atoms with Crippen LogP contribution < -0.4 is 10.2 Å². The lowest BCUT2D eigenvalue weighted by atomic mass is 10.1. The third-order valence-corrected chi connectivity index (χ3v) is 1.87. The summed E-state index contributed by atoms with van der Waals surface area (Å²) in [4.78, 5) is 0. The second kappa shape index (κ2) is 5.09. The highest BCUT2D eigenvalue weighted by molar-refractivity contribution is 5.98. The van der Waals surface area contributed by atoms with Crippen molar-refractivity contribution >= 4 is 5.84 Å². The van der Waals surface area contributed by atoms with E-state index >= 15 is 0 Å². The summed E-state index contributed by atoms with van der Waals surface area (Å²) in [5.74, 6) is 0.701. The number of nitrogens with one attached hydrogen (secondary N) is 3. The first kappa shape index (κ1) is 11.2. The zero-order chi connectivity index (χ0) is 11.3. The van der Waals surface area contributed by atoms with Gasteiger partial charge in [-0.25, -0.2) is 5.43 Å². The van der Waals surface area contributed by atoms with Crippen LogP contribution in [0.1, 0.15) is 18.1 Å². The Kier molecular flexibility index (Phi) is 3.79. The van der Waals surface area contributed by atoms with Crippen molar-refractivity contribution in [3.63, 3.8) is 0 Å². The van der Waals surface area contributed by atoms with Crippen molar-refractivity contribution in [2.75, 3.05) is 6.61 Å². The maximum absolute atomic E-state index is 7.61. The highest BCUT2D eigenvalue weighted by atomic mass is 16.5. The van der Waals surface area contributed by atoms with Crippen molar-refractivity contribution in [1.29, 1.82) is 10.9 Å². The predicted octanol–water partition coefficient (Wildman–Crippen LogP) is 2.25. The Hall–Kier alpha value is -1.91. The fourth-order valence-electron chi connectivity index (χ4n) is 1.23. The van der Waals surface area contributed by atoms with Crippen LogP contribution in [0.4, 0.5) is 0 Å². The summed E-state index contributed by atoms with van der Waals surface area (Å²) in [5.41, 5.74) is 10.6. The van der Waals surface area contributed by atoms with Crippen molar-refractivity contribution in [3.8, 4) is 5.75 Å². The second-order valence-electron chi connectivity index (χ2n) is 3.03. The van der Waals surface area contributed by atoms with Gasteiger partial charge < -0.3 is 4.74 Å². The summed E-state index contributed by atoms with van der Waals surface area (Å²) in [6.07, 6.45) is 0. The van der Waals surface area contributed by atoms with Crippen molar-refractivity contribution in [2.45, 2.75) is 13.8 Å². The largest absolute Gasteiger partial charge is 0.493 e. The van der Waals surface area contributed by atoms with Crippen LogP contribution in [-0.2, 0) is 0 Å². The first-order chi connectivity index (χ1) is 7.19. The van der Waals surface area contributed by atoms with Gasteiger partial charge in [0.15, 0.2) is 5.84 Å². The van der Waals surface area contributed by atoms with Gasteiger partial charge in [0, 0.05) is 0 Å². The molecule has 0 atom stereocenters. The van der Waals surface area contributed by atoms with Gasteiger partial charge in [-0.2, -0.15) is 5.53 Å². The standard InChI is InChI=1S/C10H14N4O/c1-3-15-9-6-7(2)4-5-8(9)10(11)13-14-12/h4-6H,3H2,1-2H3,(H3,11,12,13). The molecule has 5 heteroatoms. The molecule has 0 bridgehead atoms. The van der Waals surface area contributed by atoms with Crippen LogP contribution in [0.5, 0.6) is 5.75 Å². The highest BCUT2D eigenvalue weighted by Crippen LogP contribution is 2.20. The molecule has 80 valence electrons. The number of amidine groups is 1. The summed E-state index contributed by atoms with van der Waals surface area (Å²) in [6, 6.07) is 5.53. The van der Waals surface area contributed by atoms with Gasteiger partial charge in [0.1, 0.15) is 5.75 Å². The molecule has 0 spiro atoms. The molecular weight excluding hydrogens is 192 g/mol. The van der Waals surface area contributed by atoms with Crippen molar-refractivity contribution in [1.82, 2.24) is 5.43 Å². The molecule has 0 unspecified atom stereocenters. The minimum Gasteiger partial charge on any atom is -0.493 e. The zero-order valence-electron chi connectivity index (χ0n) is 8.79. The maximum atomic E-state index is 7.61. The molecule has 0 aromatic heterocycles. The van der Waals surface area contributed by atoms with E-state index in [-0.39, 0.29) is 5.84 Å². The Labute approximate surface area is 88.4 Å². The third kappa shape index (κ3) is 2.77. The van der Waals surface area contributed by atoms with Crippen LogP contribution >= 0.6 is 0 Å². The number of rotatable bonds is 4. The first-order valence-corrected chi connectivity index (χ1v) is 4.64. The third-order valence-electron chi connectivity index (χ3n) is 1.87. The number of benzene rings is 1. The summed E-state index contributed by atoms with van der Waals surface area (Å²) in [5, 5.41) is 10.6. The Morgan fingerprint density at radius 2 is 2.27 bits per heavy atom. The zero-order valence-corrected chi connectivity index (χ0v) is 8.79. The lowest BCUT2D eigenvalue weighted by Gasteiger charge is -2.10. The quantitative estimate of drug-likeness (QED) is 0.305. The molecule has 15 heavy (non-hydrogen) atoms. The second-order valence-corrected chi connectivity index (χ2v) is 3.03. The molecular formula is C10H14N4O. The molecule has 0 fully saturated rings. The fourth-order valence-corrected chi connectivity index (χ4v) is 1.23. The summed E-state index contributed by atoms with van der Waals surface area (Å²) < 4.78 is 5.40. The van der Waals surface area contributed by atoms with Crippen LogP contribution in [0, 0.1) is 17.9 Å². The van der Waals surface area contributed by atoms with E-state index in [4.69, 9.17) is 15.7 Å². The Morgan fingerprint density at radius 3 is 2.87 bits per heavy atom. The number of hydrogen-bond acceptors (Lipinski definition) is 4. The van der Waals surface area contributed by atoms with E-state index in [9.17, 15) is 0 Å². The lowest BCUT2D eigenvalue weighted by molar-refractivity contribution is 0.339. The van der Waals surface area contributed by atoms with E-state index in [0.717, 1.165) is 5.56 Å². The van der Waals surface area contributed by atoms with E-state index in [1.807, 2.05) is 26.0 Å². The molecule has 1 aromatic carbocycles. The molecule has 0 aliphatic rings. The van der Waals surface area contributed by atoms with Gasteiger partial charge in [-0.05, 0) is 31.5 Å². The van der Waals surface area contributed by atoms with Crippen molar-refractivity contribution in [2.24, 2.45) is 5.22 Å². The molecule has 1 aromatic rings. The minimum absolute atomic E-state index is 0.0634. The molecule has 5 nitrogen and oxygen atoms in total. The van der Waals surface area contributed by atoms with E-state index in [1.54, 1.807) is 6.07 Å². The Balaban J connectivity index is 3.04. The van der Waals surface area contributed by atoms with Crippen LogP contribution in [0.3, 0.4) is 0 Å². The van der Waals surface area contributed by atoms with Gasteiger partial charge in [-0.1, -0.05) is 11.3 Å². The number of aryl methyl sites for hydroxylation is 1. The number of nitrogens with zero attached hydrogens (tertiary/aromatic N) is 1. The van der Waals surface area contributed by atoms with Gasteiger partial charge in [0.25, 0.3) is 0 Å². The molecule has 0 heterocycles. The van der Waals surface area contributed by atoms with Gasteiger partial charge in [0.2, 0.25) is 0 Å². The lowest BCUT2D eigenvalue weighted by Crippen LogP contribution is -2.17. The molecule has 0 amide bonds. The fraction of sp³-hybridized carbons (Fsp3) is 0.300. The molecule has 0 aliphatic heterocycles. The van der Waals surface area contributed by atoms with Gasteiger partial charge in [-0.15, -0.1) is 0 Å². The van der Waals surface area contributed by atoms with E-state index in [0.29, 0.717) is 17.9 Å². The van der Waals surface area contributed by atoms with E-state index < -0.39 is 0 Å². The highest BCUT2D eigenvalue weighted by Gasteiger charge is 2.08. The summed E-state index contributed by atoms with van der Waals surface area (Å²) >= 11 is 0. The Morgan fingerprint density at radius 1 is 1.53 bits per heavy atom. The smallest absolute Gasteiger partial charge is 0.151 e. The van der Waals surface area contributed by atoms with Crippen LogP contribution in [0.2, 0.25) is 0 Å². The van der Waals surface area contributed by atoms with Crippen LogP contribution in [0.25, 0.3) is 0 Å². The average Bonchev–Trinajstić information content (AvgIpc) is 2.18. The van der Waals surface area contributed by atoms with Crippen molar-refractivity contribution < 1.29 is 4.74 Å². The van der Waals surface area contributed by atoms with Gasteiger partial charge >= 0.3 is 0 Å². The molecule has 3 N–H and O–H groups in total. The minimum atomic E-state index is 0.0634. The topological polar surface area (TPSA) is 81.3 Å². The molecule has 0 aliphatic carbocycles.